The molecule has 0 aromatic rings. The van der Waals surface area contributed by atoms with E-state index in [1.807, 2.05) is 0 Å². The molecule has 0 aliphatic rings. The van der Waals surface area contributed by atoms with E-state index in [2.05, 4.69) is 16.8 Å². The Hall–Kier alpha value is 0.110. The summed E-state index contributed by atoms with van der Waals surface area (Å²) >= 11 is 0. The zero-order valence-electron chi connectivity index (χ0n) is 12.7. The predicted molar refractivity (Wildman–Crippen MR) is 81.8 cm³/mol. The molecule has 0 amide bonds. The van der Waals surface area contributed by atoms with E-state index in [0.29, 0.717) is 0 Å². The molecule has 0 radical (unpaired) electrons. The molecule has 0 aromatic heterocycles. The number of rotatable bonds is 14. The largest absolute Gasteiger partial charge is 0.327 e. The third-order valence-corrected chi connectivity index (χ3v) is 4.74. The van der Waals surface area contributed by atoms with E-state index in [0.717, 1.165) is 32.4 Å². The topological polar surface area (TPSA) is 58.6 Å². The summed E-state index contributed by atoms with van der Waals surface area (Å²) in [6.45, 7) is 4.35. The molecule has 0 saturated heterocycles. The van der Waals surface area contributed by atoms with Crippen LogP contribution in [0.4, 0.5) is 0 Å². The van der Waals surface area contributed by atoms with E-state index in [-0.39, 0.29) is 6.16 Å². The summed E-state index contributed by atoms with van der Waals surface area (Å²) in [6.07, 6.45) is 11.1. The summed E-state index contributed by atoms with van der Waals surface area (Å²) in [7, 11) is -1.98. The van der Waals surface area contributed by atoms with Gasteiger partial charge in [0.15, 0.2) is 0 Å². The molecule has 1 unspecified atom stereocenters. The van der Waals surface area contributed by atoms with Gasteiger partial charge in [-0.2, -0.15) is 0 Å². The maximum atomic E-state index is 11.2. The molecule has 0 rings (SSSR count). The average molecular weight is 293 g/mol. The van der Waals surface area contributed by atoms with Crippen molar-refractivity contribution < 1.29 is 14.0 Å². The normalized spacial score (nSPS) is 14.5. The van der Waals surface area contributed by atoms with Gasteiger partial charge in [0.05, 0.1) is 0 Å². The van der Waals surface area contributed by atoms with E-state index >= 15 is 0 Å². The highest BCUT2D eigenvalue weighted by Crippen LogP contribution is 2.41. The summed E-state index contributed by atoms with van der Waals surface area (Å²) in [4.78, 5) is 9.20. The maximum Gasteiger partial charge on any atom is 0.327 e. The Bertz CT molecular complexity index is 237. The lowest BCUT2D eigenvalue weighted by Gasteiger charge is -2.08. The quantitative estimate of drug-likeness (QED) is 0.376. The lowest BCUT2D eigenvalue weighted by atomic mass is 10.1. The molecule has 5 heteroatoms. The lowest BCUT2D eigenvalue weighted by molar-refractivity contribution is 0.314. The van der Waals surface area contributed by atoms with Crippen LogP contribution in [0.5, 0.6) is 0 Å². The van der Waals surface area contributed by atoms with E-state index in [4.69, 9.17) is 0 Å². The van der Waals surface area contributed by atoms with E-state index in [1.165, 1.54) is 45.6 Å². The Morgan fingerprint density at radius 3 is 2.05 bits per heavy atom. The summed E-state index contributed by atoms with van der Waals surface area (Å²) in [5.41, 5.74) is 0. The standard InChI is InChI=1S/C14H32NO3P/c1-3-4-5-6-7-9-12-15-13-10-8-11-14-19(16,17)18-2/h15H,3-14H2,1-2H3,(H,16,17). The van der Waals surface area contributed by atoms with Crippen LogP contribution in [0.3, 0.4) is 0 Å². The number of nitrogens with one attached hydrogen (secondary N) is 1. The van der Waals surface area contributed by atoms with Gasteiger partial charge in [-0.3, -0.25) is 4.57 Å². The van der Waals surface area contributed by atoms with Crippen LogP contribution in [0.25, 0.3) is 0 Å². The first-order valence-corrected chi connectivity index (χ1v) is 9.47. The third-order valence-electron chi connectivity index (χ3n) is 3.29. The van der Waals surface area contributed by atoms with E-state index in [9.17, 15) is 9.46 Å². The van der Waals surface area contributed by atoms with Gasteiger partial charge < -0.3 is 14.7 Å². The molecule has 0 fully saturated rings. The SMILES string of the molecule is CCCCCCCCNCCCCCP(=O)(O)OC. The van der Waals surface area contributed by atoms with Crippen LogP contribution < -0.4 is 5.32 Å². The van der Waals surface area contributed by atoms with Crippen molar-refractivity contribution in [2.24, 2.45) is 0 Å². The fourth-order valence-electron chi connectivity index (χ4n) is 1.99. The highest BCUT2D eigenvalue weighted by Gasteiger charge is 2.15. The molecular formula is C14H32NO3P. The fourth-order valence-corrected chi connectivity index (χ4v) is 2.79. The van der Waals surface area contributed by atoms with Crippen LogP contribution in [0.1, 0.15) is 64.7 Å². The molecule has 4 nitrogen and oxygen atoms in total. The second-order valence-electron chi connectivity index (χ2n) is 5.12. The first kappa shape index (κ1) is 19.1. The van der Waals surface area contributed by atoms with E-state index in [1.54, 1.807) is 0 Å². The minimum Gasteiger partial charge on any atom is -0.324 e. The molecule has 0 aromatic carbocycles. The molecule has 19 heavy (non-hydrogen) atoms. The van der Waals surface area contributed by atoms with Crippen molar-refractivity contribution in [1.82, 2.24) is 5.32 Å². The van der Waals surface area contributed by atoms with Gasteiger partial charge in [0.1, 0.15) is 0 Å². The van der Waals surface area contributed by atoms with Crippen LogP contribution in [-0.4, -0.2) is 31.3 Å². The molecular weight excluding hydrogens is 261 g/mol. The average Bonchev–Trinajstić information content (AvgIpc) is 2.40. The maximum absolute atomic E-state index is 11.2. The zero-order chi connectivity index (χ0) is 14.4. The van der Waals surface area contributed by atoms with Gasteiger partial charge >= 0.3 is 7.60 Å². The Labute approximate surface area is 118 Å². The Morgan fingerprint density at radius 1 is 0.947 bits per heavy atom. The third kappa shape index (κ3) is 14.3. The molecule has 0 heterocycles. The van der Waals surface area contributed by atoms with Gasteiger partial charge in [-0.15, -0.1) is 0 Å². The molecule has 0 bridgehead atoms. The number of hydrogen-bond donors (Lipinski definition) is 2. The molecule has 0 saturated carbocycles. The van der Waals surface area contributed by atoms with Crippen molar-refractivity contribution in [3.05, 3.63) is 0 Å². The smallest absolute Gasteiger partial charge is 0.324 e. The van der Waals surface area contributed by atoms with Crippen molar-refractivity contribution >= 4 is 7.60 Å². The fraction of sp³-hybridized carbons (Fsp3) is 1.00. The second kappa shape index (κ2) is 13.1. The summed E-state index contributed by atoms with van der Waals surface area (Å²) in [5, 5.41) is 3.43. The number of hydrogen-bond acceptors (Lipinski definition) is 3. The first-order chi connectivity index (χ1) is 9.12. The van der Waals surface area contributed by atoms with Crippen molar-refractivity contribution in [2.75, 3.05) is 26.4 Å². The van der Waals surface area contributed by atoms with Crippen molar-refractivity contribution in [3.63, 3.8) is 0 Å². The molecule has 0 aliphatic carbocycles. The van der Waals surface area contributed by atoms with Gasteiger partial charge in [-0.25, -0.2) is 0 Å². The molecule has 116 valence electrons. The van der Waals surface area contributed by atoms with Gasteiger partial charge in [0, 0.05) is 13.3 Å². The Kier molecular flexibility index (Phi) is 13.2. The minimum absolute atomic E-state index is 0.279. The van der Waals surface area contributed by atoms with Crippen molar-refractivity contribution in [3.8, 4) is 0 Å². The molecule has 2 N–H and O–H groups in total. The second-order valence-corrected chi connectivity index (χ2v) is 7.21. The van der Waals surface area contributed by atoms with Crippen molar-refractivity contribution in [2.45, 2.75) is 64.7 Å². The highest BCUT2D eigenvalue weighted by atomic mass is 31.2. The van der Waals surface area contributed by atoms with Gasteiger partial charge in [-0.1, -0.05) is 45.4 Å². The molecule has 0 spiro atoms. The summed E-state index contributed by atoms with van der Waals surface area (Å²) in [5.74, 6) is 0. The molecule has 1 atom stereocenters. The molecule has 0 aliphatic heterocycles. The van der Waals surface area contributed by atoms with Crippen molar-refractivity contribution in [1.29, 1.82) is 0 Å². The van der Waals surface area contributed by atoms with Crippen LogP contribution in [0, 0.1) is 0 Å². The van der Waals surface area contributed by atoms with E-state index < -0.39 is 7.60 Å². The minimum atomic E-state index is -3.27. The Morgan fingerprint density at radius 2 is 1.47 bits per heavy atom. The van der Waals surface area contributed by atoms with Crippen LogP contribution >= 0.6 is 7.60 Å². The Balaban J connectivity index is 3.09. The van der Waals surface area contributed by atoms with Crippen LogP contribution in [0.15, 0.2) is 0 Å². The summed E-state index contributed by atoms with van der Waals surface area (Å²) in [6, 6.07) is 0. The van der Waals surface area contributed by atoms with Gasteiger partial charge in [-0.05, 0) is 32.4 Å². The van der Waals surface area contributed by atoms with Crippen LogP contribution in [0.2, 0.25) is 0 Å². The monoisotopic (exact) mass is 293 g/mol. The lowest BCUT2D eigenvalue weighted by Crippen LogP contribution is -2.16. The van der Waals surface area contributed by atoms with Gasteiger partial charge in [0.2, 0.25) is 0 Å². The van der Waals surface area contributed by atoms with Crippen LogP contribution in [-0.2, 0) is 9.09 Å². The van der Waals surface area contributed by atoms with Gasteiger partial charge in [0.25, 0.3) is 0 Å². The highest BCUT2D eigenvalue weighted by molar-refractivity contribution is 7.52. The zero-order valence-corrected chi connectivity index (χ0v) is 13.6. The summed E-state index contributed by atoms with van der Waals surface area (Å²) < 4.78 is 15.7. The predicted octanol–water partition coefficient (Wildman–Crippen LogP) is 3.94. The first-order valence-electron chi connectivity index (χ1n) is 7.70. The number of unbranched alkanes of at least 4 members (excludes halogenated alkanes) is 7.